The van der Waals surface area contributed by atoms with E-state index in [-0.39, 0.29) is 12.8 Å². The summed E-state index contributed by atoms with van der Waals surface area (Å²) in [5, 5.41) is 28.2. The molecule has 3 N–H and O–H groups in total. The Hall–Kier alpha value is -0.540. The van der Waals surface area contributed by atoms with Crippen molar-refractivity contribution in [3.8, 4) is 0 Å². The van der Waals surface area contributed by atoms with Crippen molar-refractivity contribution in [3.05, 3.63) is 0 Å². The smallest absolute Gasteiger partial charge is 0.390 e. The van der Waals surface area contributed by atoms with E-state index in [1.165, 1.54) is 0 Å². The molecule has 20 heavy (non-hydrogen) atoms. The first-order chi connectivity index (χ1) is 8.88. The summed E-state index contributed by atoms with van der Waals surface area (Å²) >= 11 is 0. The number of rotatable bonds is 2. The second-order valence-corrected chi connectivity index (χ2v) is 5.70. The standard InChI is InChI=1S/C11H14F6O3/c12-10(13,14)9(20,11(15,16)17)3-5-1-4-2-6(5)8(19)7(4)18/h4-8,18-20H,1-3H2/t4-,5-,6-,7+,8+/m1/s1. The number of hydrogen-bond donors (Lipinski definition) is 3. The lowest BCUT2D eigenvalue weighted by atomic mass is 9.77. The highest BCUT2D eigenvalue weighted by Crippen LogP contribution is 2.55. The third-order valence-corrected chi connectivity index (χ3v) is 4.55. The van der Waals surface area contributed by atoms with Gasteiger partial charge in [-0.2, -0.15) is 26.3 Å². The van der Waals surface area contributed by atoms with Gasteiger partial charge in [-0.05, 0) is 37.0 Å². The molecule has 2 bridgehead atoms. The number of aliphatic hydroxyl groups excluding tert-OH is 2. The van der Waals surface area contributed by atoms with Crippen LogP contribution in [0.3, 0.4) is 0 Å². The molecule has 2 aliphatic rings. The van der Waals surface area contributed by atoms with Gasteiger partial charge in [-0.25, -0.2) is 0 Å². The van der Waals surface area contributed by atoms with E-state index < -0.39 is 54.3 Å². The Morgan fingerprint density at radius 1 is 0.850 bits per heavy atom. The Kier molecular flexibility index (Phi) is 3.54. The fraction of sp³-hybridized carbons (Fsp3) is 1.00. The van der Waals surface area contributed by atoms with E-state index in [9.17, 15) is 36.6 Å². The van der Waals surface area contributed by atoms with Crippen LogP contribution in [0.15, 0.2) is 0 Å². The maximum atomic E-state index is 12.6. The molecule has 2 rings (SSSR count). The molecule has 0 spiro atoms. The lowest BCUT2D eigenvalue weighted by Gasteiger charge is -2.38. The maximum Gasteiger partial charge on any atom is 0.426 e. The van der Waals surface area contributed by atoms with Crippen molar-refractivity contribution in [2.75, 3.05) is 0 Å². The molecule has 0 aliphatic heterocycles. The van der Waals surface area contributed by atoms with Gasteiger partial charge in [0.05, 0.1) is 12.2 Å². The Morgan fingerprint density at radius 3 is 1.70 bits per heavy atom. The van der Waals surface area contributed by atoms with Crippen molar-refractivity contribution in [2.24, 2.45) is 17.8 Å². The van der Waals surface area contributed by atoms with E-state index in [4.69, 9.17) is 5.11 Å². The fourth-order valence-electron chi connectivity index (χ4n) is 3.44. The highest BCUT2D eigenvalue weighted by Gasteiger charge is 2.71. The highest BCUT2D eigenvalue weighted by molar-refractivity contribution is 5.05. The van der Waals surface area contributed by atoms with Crippen LogP contribution in [-0.2, 0) is 0 Å². The highest BCUT2D eigenvalue weighted by atomic mass is 19.4. The normalized spacial score (nSPS) is 38.5. The van der Waals surface area contributed by atoms with Gasteiger partial charge in [-0.15, -0.1) is 0 Å². The Bertz CT molecular complexity index is 363. The fourth-order valence-corrected chi connectivity index (χ4v) is 3.44. The molecule has 0 saturated heterocycles. The van der Waals surface area contributed by atoms with Crippen LogP contribution in [0.2, 0.25) is 0 Å². The van der Waals surface area contributed by atoms with Crippen molar-refractivity contribution < 1.29 is 41.7 Å². The van der Waals surface area contributed by atoms with E-state index >= 15 is 0 Å². The summed E-state index contributed by atoms with van der Waals surface area (Å²) in [4.78, 5) is 0. The molecular formula is C11H14F6O3. The van der Waals surface area contributed by atoms with Crippen molar-refractivity contribution in [1.29, 1.82) is 0 Å². The largest absolute Gasteiger partial charge is 0.426 e. The Labute approximate surface area is 110 Å². The lowest BCUT2D eigenvalue weighted by Crippen LogP contribution is -2.58. The van der Waals surface area contributed by atoms with Gasteiger partial charge in [0.25, 0.3) is 5.60 Å². The minimum atomic E-state index is -5.84. The van der Waals surface area contributed by atoms with Gasteiger partial charge in [0.1, 0.15) is 0 Å². The quantitative estimate of drug-likeness (QED) is 0.679. The first kappa shape index (κ1) is 15.8. The Balaban J connectivity index is 2.20. The zero-order valence-electron chi connectivity index (χ0n) is 10.1. The zero-order valence-corrected chi connectivity index (χ0v) is 10.1. The van der Waals surface area contributed by atoms with Gasteiger partial charge in [0.15, 0.2) is 0 Å². The Morgan fingerprint density at radius 2 is 1.35 bits per heavy atom. The summed E-state index contributed by atoms with van der Waals surface area (Å²) in [6.45, 7) is 0. The number of aliphatic hydroxyl groups is 3. The van der Waals surface area contributed by atoms with Gasteiger partial charge >= 0.3 is 12.4 Å². The topological polar surface area (TPSA) is 60.7 Å². The molecule has 0 aromatic rings. The number of halogens is 6. The van der Waals surface area contributed by atoms with Crippen molar-refractivity contribution >= 4 is 0 Å². The molecule has 0 heterocycles. The van der Waals surface area contributed by atoms with Crippen LogP contribution in [0.1, 0.15) is 19.3 Å². The molecule has 118 valence electrons. The zero-order chi connectivity index (χ0) is 15.5. The summed E-state index contributed by atoms with van der Waals surface area (Å²) in [7, 11) is 0. The summed E-state index contributed by atoms with van der Waals surface area (Å²) in [5.41, 5.74) is -4.78. The van der Waals surface area contributed by atoms with Crippen molar-refractivity contribution in [1.82, 2.24) is 0 Å². The van der Waals surface area contributed by atoms with Gasteiger partial charge in [0, 0.05) is 0 Å². The first-order valence-electron chi connectivity index (χ1n) is 6.10. The minimum Gasteiger partial charge on any atom is -0.390 e. The summed E-state index contributed by atoms with van der Waals surface area (Å²) < 4.78 is 75.5. The van der Waals surface area contributed by atoms with Crippen LogP contribution in [0.25, 0.3) is 0 Å². The van der Waals surface area contributed by atoms with Crippen LogP contribution < -0.4 is 0 Å². The monoisotopic (exact) mass is 308 g/mol. The van der Waals surface area contributed by atoms with Crippen LogP contribution >= 0.6 is 0 Å². The van der Waals surface area contributed by atoms with Crippen LogP contribution in [0.5, 0.6) is 0 Å². The summed E-state index contributed by atoms with van der Waals surface area (Å²) in [6.07, 6.45) is -15.5. The molecule has 0 aromatic carbocycles. The molecule has 2 saturated carbocycles. The molecule has 9 heteroatoms. The van der Waals surface area contributed by atoms with Crippen molar-refractivity contribution in [3.63, 3.8) is 0 Å². The predicted octanol–water partition coefficient (Wildman–Crippen LogP) is 1.61. The van der Waals surface area contributed by atoms with Gasteiger partial charge < -0.3 is 15.3 Å². The predicted molar refractivity (Wildman–Crippen MR) is 53.4 cm³/mol. The number of hydrogen-bond acceptors (Lipinski definition) is 3. The third-order valence-electron chi connectivity index (χ3n) is 4.55. The molecule has 0 radical (unpaired) electrons. The van der Waals surface area contributed by atoms with Gasteiger partial charge in [0.2, 0.25) is 0 Å². The second kappa shape index (κ2) is 4.48. The number of alkyl halides is 6. The van der Waals surface area contributed by atoms with Gasteiger partial charge in [-0.1, -0.05) is 0 Å². The van der Waals surface area contributed by atoms with E-state index in [1.807, 2.05) is 0 Å². The average molecular weight is 308 g/mol. The summed E-state index contributed by atoms with van der Waals surface area (Å²) in [6, 6.07) is 0. The van der Waals surface area contributed by atoms with Gasteiger partial charge in [-0.3, -0.25) is 0 Å². The molecule has 2 aliphatic carbocycles. The van der Waals surface area contributed by atoms with Crippen LogP contribution in [0, 0.1) is 17.8 Å². The minimum absolute atomic E-state index is 0.0582. The lowest BCUT2D eigenvalue weighted by molar-refractivity contribution is -0.373. The van der Waals surface area contributed by atoms with E-state index in [0.29, 0.717) is 0 Å². The SMILES string of the molecule is O[C@@H]1[C@@H](O)[C@@H]2C[C@H](CC(O)(C(F)(F)F)C(F)(F)F)[C@H]1C2. The molecule has 0 amide bonds. The van der Waals surface area contributed by atoms with E-state index in [1.54, 1.807) is 0 Å². The van der Waals surface area contributed by atoms with Crippen LogP contribution in [0.4, 0.5) is 26.3 Å². The van der Waals surface area contributed by atoms with Crippen molar-refractivity contribution in [2.45, 2.75) is 49.4 Å². The summed E-state index contributed by atoms with van der Waals surface area (Å²) in [5.74, 6) is -2.47. The molecular weight excluding hydrogens is 294 g/mol. The molecule has 2 fully saturated rings. The second-order valence-electron chi connectivity index (χ2n) is 5.70. The molecule has 0 aromatic heterocycles. The number of fused-ring (bicyclic) bond motifs is 2. The first-order valence-corrected chi connectivity index (χ1v) is 6.10. The molecule has 0 unspecified atom stereocenters. The molecule has 3 nitrogen and oxygen atoms in total. The third kappa shape index (κ3) is 2.19. The average Bonchev–Trinajstić information content (AvgIpc) is 2.77. The molecule has 5 atom stereocenters. The van der Waals surface area contributed by atoms with E-state index in [2.05, 4.69) is 0 Å². The maximum absolute atomic E-state index is 12.6. The van der Waals surface area contributed by atoms with Crippen LogP contribution in [-0.4, -0.2) is 45.5 Å². The van der Waals surface area contributed by atoms with E-state index in [0.717, 1.165) is 0 Å².